The van der Waals surface area contributed by atoms with Gasteiger partial charge in [-0.2, -0.15) is 0 Å². The Morgan fingerprint density at radius 2 is 1.71 bits per heavy atom. The van der Waals surface area contributed by atoms with Crippen molar-refractivity contribution in [2.24, 2.45) is 0 Å². The van der Waals surface area contributed by atoms with Gasteiger partial charge in [0, 0.05) is 17.8 Å². The molecule has 5 nitrogen and oxygen atoms in total. The van der Waals surface area contributed by atoms with Crippen molar-refractivity contribution in [3.05, 3.63) is 75.3 Å². The first kappa shape index (κ1) is 14.7. The number of nitrogens with zero attached hydrogens (tertiary/aromatic N) is 1. The van der Waals surface area contributed by atoms with Crippen LogP contribution in [0.4, 0.5) is 11.4 Å². The average molecular weight is 303 g/mol. The minimum atomic E-state index is -0.506. The summed E-state index contributed by atoms with van der Waals surface area (Å²) in [4.78, 5) is 21.9. The van der Waals surface area contributed by atoms with Crippen LogP contribution in [0.3, 0.4) is 0 Å². The fourth-order valence-electron chi connectivity index (χ4n) is 1.62. The van der Waals surface area contributed by atoms with Crippen LogP contribution in [0.1, 0.15) is 5.56 Å². The summed E-state index contributed by atoms with van der Waals surface area (Å²) in [5, 5.41) is 13.1. The Hall–Kier alpha value is -2.66. The topological polar surface area (TPSA) is 72.2 Å². The first-order valence-corrected chi connectivity index (χ1v) is 6.42. The molecule has 1 amide bonds. The Morgan fingerprint density at radius 1 is 1.10 bits per heavy atom. The van der Waals surface area contributed by atoms with Crippen molar-refractivity contribution in [1.29, 1.82) is 0 Å². The minimum absolute atomic E-state index is 0.0274. The van der Waals surface area contributed by atoms with E-state index in [9.17, 15) is 14.9 Å². The van der Waals surface area contributed by atoms with Gasteiger partial charge in [0.15, 0.2) is 0 Å². The fraction of sp³-hybridized carbons (Fsp3) is 0. The number of nitrogens with one attached hydrogen (secondary N) is 1. The number of carbonyl (C=O) groups excluding carboxylic acids is 1. The predicted octanol–water partition coefficient (Wildman–Crippen LogP) is 3.81. The summed E-state index contributed by atoms with van der Waals surface area (Å²) in [6, 6.07) is 14.7. The molecule has 2 rings (SSSR count). The highest BCUT2D eigenvalue weighted by Crippen LogP contribution is 2.17. The smallest absolute Gasteiger partial charge is 0.269 e. The van der Waals surface area contributed by atoms with E-state index in [0.29, 0.717) is 5.69 Å². The maximum atomic E-state index is 11.9. The third-order valence-corrected chi connectivity index (χ3v) is 2.93. The summed E-state index contributed by atoms with van der Waals surface area (Å²) in [6.07, 6.45) is 1.54. The van der Waals surface area contributed by atoms with Crippen molar-refractivity contribution in [3.8, 4) is 0 Å². The van der Waals surface area contributed by atoms with E-state index in [-0.39, 0.29) is 10.7 Å². The second-order valence-corrected chi connectivity index (χ2v) is 4.57. The van der Waals surface area contributed by atoms with Crippen LogP contribution in [-0.2, 0) is 4.79 Å². The Balaban J connectivity index is 2.07. The molecule has 0 radical (unpaired) electrons. The van der Waals surface area contributed by atoms with Gasteiger partial charge in [0.2, 0.25) is 0 Å². The lowest BCUT2D eigenvalue weighted by molar-refractivity contribution is -0.384. The van der Waals surface area contributed by atoms with Crippen molar-refractivity contribution >= 4 is 35.0 Å². The zero-order valence-corrected chi connectivity index (χ0v) is 11.6. The van der Waals surface area contributed by atoms with E-state index < -0.39 is 10.8 Å². The normalized spacial score (nSPS) is 11.0. The minimum Gasteiger partial charge on any atom is -0.321 e. The van der Waals surface area contributed by atoms with Gasteiger partial charge < -0.3 is 5.32 Å². The Bertz CT molecular complexity index is 682. The highest BCUT2D eigenvalue weighted by molar-refractivity contribution is 6.45. The molecule has 1 N–H and O–H groups in total. The second-order valence-electron chi connectivity index (χ2n) is 4.16. The summed E-state index contributed by atoms with van der Waals surface area (Å²) in [5.41, 5.74) is 1.20. The quantitative estimate of drug-likeness (QED) is 0.530. The van der Waals surface area contributed by atoms with Crippen LogP contribution < -0.4 is 5.32 Å². The van der Waals surface area contributed by atoms with Crippen LogP contribution in [0, 0.1) is 10.1 Å². The Labute approximate surface area is 126 Å². The standard InChI is InChI=1S/C15H11ClN2O3/c16-14(10-11-4-2-1-3-5-11)15(19)17-12-6-8-13(9-7-12)18(20)21/h1-10H,(H,17,19)/b14-10-. The van der Waals surface area contributed by atoms with Gasteiger partial charge in [0.1, 0.15) is 5.03 Å². The molecule has 0 aromatic heterocycles. The lowest BCUT2D eigenvalue weighted by atomic mass is 10.2. The van der Waals surface area contributed by atoms with E-state index in [4.69, 9.17) is 11.6 Å². The van der Waals surface area contributed by atoms with Gasteiger partial charge in [-0.05, 0) is 23.8 Å². The molecule has 106 valence electrons. The zero-order chi connectivity index (χ0) is 15.2. The lowest BCUT2D eigenvalue weighted by Gasteiger charge is -2.04. The molecule has 0 saturated heterocycles. The summed E-state index contributed by atoms with van der Waals surface area (Å²) in [5.74, 6) is -0.477. The maximum Gasteiger partial charge on any atom is 0.269 e. The zero-order valence-electron chi connectivity index (χ0n) is 10.8. The molecule has 0 aliphatic heterocycles. The summed E-state index contributed by atoms with van der Waals surface area (Å²) < 4.78 is 0. The number of amides is 1. The molecule has 0 aliphatic carbocycles. The van der Waals surface area contributed by atoms with Crippen LogP contribution in [0.5, 0.6) is 0 Å². The molecule has 0 aliphatic rings. The van der Waals surface area contributed by atoms with E-state index in [1.54, 1.807) is 6.08 Å². The van der Waals surface area contributed by atoms with Crippen molar-refractivity contribution in [2.45, 2.75) is 0 Å². The predicted molar refractivity (Wildman–Crippen MR) is 82.0 cm³/mol. The molecule has 0 spiro atoms. The molecule has 0 saturated carbocycles. The second kappa shape index (κ2) is 6.67. The molecule has 0 bridgehead atoms. The van der Waals surface area contributed by atoms with Gasteiger partial charge in [0.25, 0.3) is 11.6 Å². The molecule has 0 heterocycles. The van der Waals surface area contributed by atoms with E-state index >= 15 is 0 Å². The number of hydrogen-bond acceptors (Lipinski definition) is 3. The number of benzene rings is 2. The Morgan fingerprint density at radius 3 is 2.29 bits per heavy atom. The van der Waals surface area contributed by atoms with Crippen molar-refractivity contribution in [3.63, 3.8) is 0 Å². The van der Waals surface area contributed by atoms with Gasteiger partial charge >= 0.3 is 0 Å². The van der Waals surface area contributed by atoms with E-state index in [0.717, 1.165) is 5.56 Å². The maximum absolute atomic E-state index is 11.9. The summed E-state index contributed by atoms with van der Waals surface area (Å²) in [7, 11) is 0. The van der Waals surface area contributed by atoms with E-state index in [1.165, 1.54) is 24.3 Å². The van der Waals surface area contributed by atoms with Gasteiger partial charge in [-0.3, -0.25) is 14.9 Å². The number of nitro groups is 1. The number of halogens is 1. The van der Waals surface area contributed by atoms with Gasteiger partial charge in [-0.1, -0.05) is 41.9 Å². The fourth-order valence-corrected chi connectivity index (χ4v) is 1.79. The summed E-state index contributed by atoms with van der Waals surface area (Å²) >= 11 is 5.94. The van der Waals surface area contributed by atoms with Crippen molar-refractivity contribution < 1.29 is 9.72 Å². The molecule has 6 heteroatoms. The van der Waals surface area contributed by atoms with Crippen LogP contribution in [0.15, 0.2) is 59.6 Å². The Kier molecular flexibility index (Phi) is 4.68. The van der Waals surface area contributed by atoms with Gasteiger partial charge in [0.05, 0.1) is 4.92 Å². The number of hydrogen-bond donors (Lipinski definition) is 1. The number of anilines is 1. The third kappa shape index (κ3) is 4.15. The lowest BCUT2D eigenvalue weighted by Crippen LogP contribution is -2.11. The molecule has 0 unspecified atom stereocenters. The SMILES string of the molecule is O=C(Nc1ccc([N+](=O)[O-])cc1)/C(Cl)=C/c1ccccc1. The first-order valence-electron chi connectivity index (χ1n) is 6.04. The number of nitro benzene ring substituents is 1. The van der Waals surface area contributed by atoms with Crippen LogP contribution in [-0.4, -0.2) is 10.8 Å². The van der Waals surface area contributed by atoms with Crippen molar-refractivity contribution in [2.75, 3.05) is 5.32 Å². The number of carbonyl (C=O) groups is 1. The third-order valence-electron chi connectivity index (χ3n) is 2.65. The molecule has 0 fully saturated rings. The number of non-ortho nitro benzene ring substituents is 1. The molecule has 0 atom stereocenters. The number of rotatable bonds is 4. The molecular formula is C15H11ClN2O3. The van der Waals surface area contributed by atoms with Gasteiger partial charge in [-0.25, -0.2) is 0 Å². The molecule has 2 aromatic rings. The highest BCUT2D eigenvalue weighted by atomic mass is 35.5. The van der Waals surface area contributed by atoms with Crippen LogP contribution >= 0.6 is 11.6 Å². The van der Waals surface area contributed by atoms with E-state index in [2.05, 4.69) is 5.32 Å². The molecular weight excluding hydrogens is 292 g/mol. The monoisotopic (exact) mass is 302 g/mol. The first-order chi connectivity index (χ1) is 10.1. The largest absolute Gasteiger partial charge is 0.321 e. The average Bonchev–Trinajstić information content (AvgIpc) is 2.48. The van der Waals surface area contributed by atoms with E-state index in [1.807, 2.05) is 30.3 Å². The summed E-state index contributed by atoms with van der Waals surface area (Å²) in [6.45, 7) is 0. The molecule has 2 aromatic carbocycles. The van der Waals surface area contributed by atoms with Gasteiger partial charge in [-0.15, -0.1) is 0 Å². The van der Waals surface area contributed by atoms with Crippen molar-refractivity contribution in [1.82, 2.24) is 0 Å². The highest BCUT2D eigenvalue weighted by Gasteiger charge is 2.09. The van der Waals surface area contributed by atoms with Crippen LogP contribution in [0.25, 0.3) is 6.08 Å². The molecule has 21 heavy (non-hydrogen) atoms. The van der Waals surface area contributed by atoms with Crippen LogP contribution in [0.2, 0.25) is 0 Å².